The number of amides is 1. The Balaban J connectivity index is 2.17. The van der Waals surface area contributed by atoms with E-state index in [0.717, 1.165) is 29.8 Å². The first-order valence-electron chi connectivity index (χ1n) is 8.29. The first-order valence-corrected chi connectivity index (χ1v) is 10.1. The Morgan fingerprint density at radius 2 is 1.84 bits per heavy atom. The molecule has 1 amide bonds. The molecule has 7 nitrogen and oxygen atoms in total. The molecule has 2 rings (SSSR count). The molecule has 0 aliphatic heterocycles. The van der Waals surface area contributed by atoms with Crippen LogP contribution in [0.25, 0.3) is 0 Å². The molecule has 0 bridgehead atoms. The van der Waals surface area contributed by atoms with Gasteiger partial charge in [-0.05, 0) is 37.1 Å². The number of hydrogen-bond acceptors (Lipinski definition) is 5. The fourth-order valence-corrected chi connectivity index (χ4v) is 3.96. The van der Waals surface area contributed by atoms with E-state index in [1.807, 2.05) is 0 Å². The van der Waals surface area contributed by atoms with E-state index >= 15 is 0 Å². The number of benzene rings is 1. The lowest BCUT2D eigenvalue weighted by atomic mass is 9.91. The molecule has 0 heterocycles. The van der Waals surface area contributed by atoms with Crippen LogP contribution in [0, 0.1) is 0 Å². The zero-order valence-corrected chi connectivity index (χ0v) is 15.7. The summed E-state index contributed by atoms with van der Waals surface area (Å²) in [6, 6.07) is 6.23. The van der Waals surface area contributed by atoms with Crippen LogP contribution >= 0.6 is 0 Å². The maximum absolute atomic E-state index is 12.6. The van der Waals surface area contributed by atoms with Crippen LogP contribution in [0.15, 0.2) is 24.3 Å². The summed E-state index contributed by atoms with van der Waals surface area (Å²) in [6.07, 6.45) is 3.80. The van der Waals surface area contributed by atoms with Gasteiger partial charge in [0.1, 0.15) is 12.3 Å². The fourth-order valence-electron chi connectivity index (χ4n) is 3.11. The number of hydrogen-bond donors (Lipinski definition) is 1. The molecule has 2 unspecified atom stereocenters. The lowest BCUT2D eigenvalue weighted by Crippen LogP contribution is -2.50. The topological polar surface area (TPSA) is 87.2 Å². The van der Waals surface area contributed by atoms with E-state index in [4.69, 9.17) is 4.74 Å². The molecule has 0 spiro atoms. The average Bonchev–Trinajstić information content (AvgIpc) is 2.58. The van der Waals surface area contributed by atoms with Gasteiger partial charge in [-0.3, -0.25) is 9.10 Å². The van der Waals surface area contributed by atoms with Crippen molar-refractivity contribution in [2.24, 2.45) is 0 Å². The first kappa shape index (κ1) is 19.5. The molecular formula is C17H26N2O5S. The molecule has 25 heavy (non-hydrogen) atoms. The third-order valence-corrected chi connectivity index (χ3v) is 5.76. The third kappa shape index (κ3) is 4.85. The quantitative estimate of drug-likeness (QED) is 0.814. The number of likely N-dealkylation sites (N-methyl/N-ethyl adjacent to an activating group) is 1. The van der Waals surface area contributed by atoms with Crippen molar-refractivity contribution in [3.05, 3.63) is 24.3 Å². The van der Waals surface area contributed by atoms with Crippen molar-refractivity contribution in [1.29, 1.82) is 0 Å². The van der Waals surface area contributed by atoms with E-state index in [1.54, 1.807) is 31.3 Å². The number of aliphatic hydroxyl groups excluding tert-OH is 1. The van der Waals surface area contributed by atoms with E-state index < -0.39 is 16.1 Å². The van der Waals surface area contributed by atoms with Crippen molar-refractivity contribution in [1.82, 2.24) is 4.90 Å². The van der Waals surface area contributed by atoms with Gasteiger partial charge in [-0.15, -0.1) is 0 Å². The minimum atomic E-state index is -3.63. The van der Waals surface area contributed by atoms with Crippen LogP contribution in [0.3, 0.4) is 0 Å². The van der Waals surface area contributed by atoms with Crippen molar-refractivity contribution in [3.8, 4) is 5.75 Å². The summed E-state index contributed by atoms with van der Waals surface area (Å²) < 4.78 is 30.5. The van der Waals surface area contributed by atoms with E-state index in [1.165, 1.54) is 12.0 Å². The van der Waals surface area contributed by atoms with E-state index in [2.05, 4.69) is 0 Å². The molecule has 2 atom stereocenters. The van der Waals surface area contributed by atoms with Crippen LogP contribution in [0.1, 0.15) is 25.7 Å². The highest BCUT2D eigenvalue weighted by atomic mass is 32.2. The zero-order chi connectivity index (χ0) is 18.6. The number of sulfonamides is 1. The maximum Gasteiger partial charge on any atom is 0.243 e. The Labute approximate surface area is 149 Å². The van der Waals surface area contributed by atoms with Crippen LogP contribution < -0.4 is 9.04 Å². The minimum absolute atomic E-state index is 0.265. The molecule has 1 N–H and O–H groups in total. The van der Waals surface area contributed by atoms with Gasteiger partial charge in [0.15, 0.2) is 0 Å². The van der Waals surface area contributed by atoms with Crippen LogP contribution in [0.4, 0.5) is 5.69 Å². The Kier molecular flexibility index (Phi) is 6.29. The summed E-state index contributed by atoms with van der Waals surface area (Å²) in [7, 11) is -0.482. The summed E-state index contributed by atoms with van der Waals surface area (Å²) in [5, 5.41) is 10.1. The molecule has 1 aromatic carbocycles. The van der Waals surface area contributed by atoms with Gasteiger partial charge in [0.05, 0.1) is 31.2 Å². The number of aliphatic hydroxyl groups is 1. The monoisotopic (exact) mass is 370 g/mol. The second-order valence-electron chi connectivity index (χ2n) is 6.39. The van der Waals surface area contributed by atoms with Crippen LogP contribution in [0.2, 0.25) is 0 Å². The molecule has 1 aliphatic rings. The summed E-state index contributed by atoms with van der Waals surface area (Å²) in [4.78, 5) is 14.1. The molecule has 0 aromatic heterocycles. The number of anilines is 1. The largest absolute Gasteiger partial charge is 0.497 e. The molecular weight excluding hydrogens is 344 g/mol. The summed E-state index contributed by atoms with van der Waals surface area (Å²) in [6.45, 7) is -0.301. The molecule has 0 radical (unpaired) electrons. The summed E-state index contributed by atoms with van der Waals surface area (Å²) in [5.41, 5.74) is 0.397. The lowest BCUT2D eigenvalue weighted by molar-refractivity contribution is -0.133. The van der Waals surface area contributed by atoms with Crippen molar-refractivity contribution >= 4 is 21.6 Å². The number of carbonyl (C=O) groups is 1. The molecule has 1 saturated carbocycles. The van der Waals surface area contributed by atoms with E-state index in [9.17, 15) is 18.3 Å². The van der Waals surface area contributed by atoms with Gasteiger partial charge in [0, 0.05) is 7.05 Å². The molecule has 0 saturated heterocycles. The van der Waals surface area contributed by atoms with Gasteiger partial charge in [-0.1, -0.05) is 12.8 Å². The Hall–Kier alpha value is -1.80. The number of ether oxygens (including phenoxy) is 1. The van der Waals surface area contributed by atoms with Gasteiger partial charge in [-0.25, -0.2) is 8.42 Å². The van der Waals surface area contributed by atoms with Gasteiger partial charge in [-0.2, -0.15) is 0 Å². The highest BCUT2D eigenvalue weighted by molar-refractivity contribution is 7.92. The van der Waals surface area contributed by atoms with Crippen molar-refractivity contribution in [3.63, 3.8) is 0 Å². The van der Waals surface area contributed by atoms with Crippen molar-refractivity contribution < 1.29 is 23.1 Å². The summed E-state index contributed by atoms with van der Waals surface area (Å²) >= 11 is 0. The van der Waals surface area contributed by atoms with Gasteiger partial charge >= 0.3 is 0 Å². The minimum Gasteiger partial charge on any atom is -0.497 e. The van der Waals surface area contributed by atoms with Crippen LogP contribution in [-0.4, -0.2) is 63.4 Å². The van der Waals surface area contributed by atoms with Gasteiger partial charge in [0.25, 0.3) is 0 Å². The Morgan fingerprint density at radius 1 is 1.24 bits per heavy atom. The van der Waals surface area contributed by atoms with E-state index in [-0.39, 0.29) is 18.5 Å². The second-order valence-corrected chi connectivity index (χ2v) is 8.30. The van der Waals surface area contributed by atoms with Gasteiger partial charge < -0.3 is 14.7 Å². The zero-order valence-electron chi connectivity index (χ0n) is 14.9. The number of nitrogens with zero attached hydrogens (tertiary/aromatic N) is 2. The molecule has 1 aromatic rings. The SMILES string of the molecule is COc1ccc(N(CC(=O)N(C)C2CCCCC2O)S(C)(=O)=O)cc1. The lowest BCUT2D eigenvalue weighted by Gasteiger charge is -2.36. The first-order chi connectivity index (χ1) is 11.7. The van der Waals surface area contributed by atoms with Crippen LogP contribution in [0.5, 0.6) is 5.75 Å². The fraction of sp³-hybridized carbons (Fsp3) is 0.588. The van der Waals surface area contributed by atoms with Crippen molar-refractivity contribution in [2.75, 3.05) is 31.3 Å². The number of carbonyl (C=O) groups excluding carboxylic acids is 1. The molecule has 8 heteroatoms. The predicted octanol–water partition coefficient (Wildman–Crippen LogP) is 1.22. The number of rotatable bonds is 6. The maximum atomic E-state index is 12.6. The standard InChI is InChI=1S/C17H26N2O5S/c1-18(15-6-4-5-7-16(15)20)17(21)12-19(25(3,22)23)13-8-10-14(24-2)11-9-13/h8-11,15-16,20H,4-7,12H2,1-3H3. The van der Waals surface area contributed by atoms with Gasteiger partial charge in [0.2, 0.25) is 15.9 Å². The third-order valence-electron chi connectivity index (χ3n) is 4.62. The number of methoxy groups -OCH3 is 1. The summed E-state index contributed by atoms with van der Waals surface area (Å²) in [5.74, 6) is 0.262. The normalized spacial score (nSPS) is 20.8. The molecule has 140 valence electrons. The van der Waals surface area contributed by atoms with Crippen molar-refractivity contribution in [2.45, 2.75) is 37.8 Å². The Morgan fingerprint density at radius 3 is 2.36 bits per heavy atom. The second kappa shape index (κ2) is 8.05. The average molecular weight is 370 g/mol. The predicted molar refractivity (Wildman–Crippen MR) is 96.2 cm³/mol. The molecule has 1 aliphatic carbocycles. The highest BCUT2D eigenvalue weighted by Gasteiger charge is 2.31. The Bertz CT molecular complexity index is 689. The van der Waals surface area contributed by atoms with Crippen LogP contribution in [-0.2, 0) is 14.8 Å². The van der Waals surface area contributed by atoms with E-state index in [0.29, 0.717) is 17.9 Å². The smallest absolute Gasteiger partial charge is 0.243 e. The molecule has 1 fully saturated rings. The highest BCUT2D eigenvalue weighted by Crippen LogP contribution is 2.24.